The Kier molecular flexibility index (Phi) is 5.39. The maximum Gasteiger partial charge on any atom is 0.273 e. The molecule has 0 radical (unpaired) electrons. The van der Waals surface area contributed by atoms with Crippen molar-refractivity contribution >= 4 is 17.7 Å². The largest absolute Gasteiger partial charge is 0.488 e. The summed E-state index contributed by atoms with van der Waals surface area (Å²) in [5.41, 5.74) is 3.84. The standard InChI is InChI=1S/C22H22N2O3S/c1-3-17-12-20(24-27-17)22(25)23-13-18-11-16-10-15(6-9-21(16)26-18)14-4-7-19(28-2)8-5-14/h4-10,12,18H,3,11,13H2,1-2H3,(H,23,25)/t18-/m0/s1. The van der Waals surface area contributed by atoms with Crippen molar-refractivity contribution in [2.45, 2.75) is 30.8 Å². The number of amides is 1. The molecule has 2 aromatic carbocycles. The van der Waals surface area contributed by atoms with Crippen LogP contribution in [0.15, 0.2) is 57.9 Å². The first-order valence-electron chi connectivity index (χ1n) is 9.34. The van der Waals surface area contributed by atoms with Crippen LogP contribution in [0.4, 0.5) is 0 Å². The molecule has 0 spiro atoms. The van der Waals surface area contributed by atoms with Gasteiger partial charge in [-0.3, -0.25) is 4.79 Å². The molecule has 0 bridgehead atoms. The monoisotopic (exact) mass is 394 g/mol. The molecular formula is C22H22N2O3S. The molecular weight excluding hydrogens is 372 g/mol. The van der Waals surface area contributed by atoms with E-state index in [1.54, 1.807) is 17.8 Å². The highest BCUT2D eigenvalue weighted by molar-refractivity contribution is 7.98. The summed E-state index contributed by atoms with van der Waals surface area (Å²) in [4.78, 5) is 13.5. The number of hydrogen-bond acceptors (Lipinski definition) is 5. The van der Waals surface area contributed by atoms with Crippen molar-refractivity contribution in [3.8, 4) is 16.9 Å². The molecule has 1 atom stereocenters. The summed E-state index contributed by atoms with van der Waals surface area (Å²) < 4.78 is 11.1. The van der Waals surface area contributed by atoms with Crippen molar-refractivity contribution in [3.05, 3.63) is 65.5 Å². The molecule has 144 valence electrons. The second kappa shape index (κ2) is 8.10. The van der Waals surface area contributed by atoms with E-state index in [1.165, 1.54) is 21.6 Å². The van der Waals surface area contributed by atoms with Gasteiger partial charge in [-0.15, -0.1) is 11.8 Å². The second-order valence-electron chi connectivity index (χ2n) is 6.74. The number of benzene rings is 2. The fraction of sp³-hybridized carbons (Fsp3) is 0.273. The molecule has 4 rings (SSSR count). The molecule has 0 unspecified atom stereocenters. The van der Waals surface area contributed by atoms with E-state index < -0.39 is 0 Å². The van der Waals surface area contributed by atoms with Crippen LogP contribution < -0.4 is 10.1 Å². The van der Waals surface area contributed by atoms with Gasteiger partial charge in [0.05, 0.1) is 6.54 Å². The Balaban J connectivity index is 1.38. The third kappa shape index (κ3) is 3.92. The number of carbonyl (C=O) groups is 1. The molecule has 0 fully saturated rings. The van der Waals surface area contributed by atoms with Gasteiger partial charge in [0.1, 0.15) is 17.6 Å². The lowest BCUT2D eigenvalue weighted by Gasteiger charge is -2.10. The van der Waals surface area contributed by atoms with E-state index in [1.807, 2.05) is 13.0 Å². The molecule has 1 amide bonds. The lowest BCUT2D eigenvalue weighted by atomic mass is 10.0. The number of aryl methyl sites for hydroxylation is 1. The molecule has 5 nitrogen and oxygen atoms in total. The molecule has 1 aliphatic rings. The Labute approximate surface area is 168 Å². The number of carbonyl (C=O) groups excluding carboxylic acids is 1. The topological polar surface area (TPSA) is 64.4 Å². The average Bonchev–Trinajstić information content (AvgIpc) is 3.38. The van der Waals surface area contributed by atoms with Crippen LogP contribution in [-0.2, 0) is 12.8 Å². The number of rotatable bonds is 6. The lowest BCUT2D eigenvalue weighted by molar-refractivity contribution is 0.0924. The van der Waals surface area contributed by atoms with Crippen LogP contribution in [-0.4, -0.2) is 30.0 Å². The molecule has 28 heavy (non-hydrogen) atoms. The van der Waals surface area contributed by atoms with E-state index in [2.05, 4.69) is 53.1 Å². The zero-order valence-corrected chi connectivity index (χ0v) is 16.7. The summed E-state index contributed by atoms with van der Waals surface area (Å²) in [6, 6.07) is 16.5. The van der Waals surface area contributed by atoms with Gasteiger partial charge in [0, 0.05) is 23.8 Å². The van der Waals surface area contributed by atoms with E-state index >= 15 is 0 Å². The fourth-order valence-electron chi connectivity index (χ4n) is 3.28. The van der Waals surface area contributed by atoms with Gasteiger partial charge in [-0.2, -0.15) is 0 Å². The first kappa shape index (κ1) is 18.6. The van der Waals surface area contributed by atoms with Crippen molar-refractivity contribution < 1.29 is 14.1 Å². The van der Waals surface area contributed by atoms with E-state index in [0.29, 0.717) is 24.4 Å². The molecule has 0 saturated carbocycles. The Bertz CT molecular complexity index is 982. The average molecular weight is 394 g/mol. The Morgan fingerprint density at radius 1 is 1.18 bits per heavy atom. The van der Waals surface area contributed by atoms with Gasteiger partial charge < -0.3 is 14.6 Å². The van der Waals surface area contributed by atoms with Crippen LogP contribution in [0.5, 0.6) is 5.75 Å². The Morgan fingerprint density at radius 3 is 2.68 bits per heavy atom. The van der Waals surface area contributed by atoms with Gasteiger partial charge in [-0.1, -0.05) is 30.3 Å². The van der Waals surface area contributed by atoms with Crippen molar-refractivity contribution in [2.24, 2.45) is 0 Å². The van der Waals surface area contributed by atoms with Crippen LogP contribution >= 0.6 is 11.8 Å². The number of thioether (sulfide) groups is 1. The third-order valence-electron chi connectivity index (χ3n) is 4.86. The number of fused-ring (bicyclic) bond motifs is 1. The normalized spacial score (nSPS) is 15.1. The number of ether oxygens (including phenoxy) is 1. The maximum atomic E-state index is 12.2. The van der Waals surface area contributed by atoms with E-state index in [-0.39, 0.29) is 12.0 Å². The van der Waals surface area contributed by atoms with Crippen molar-refractivity contribution in [2.75, 3.05) is 12.8 Å². The zero-order chi connectivity index (χ0) is 19.5. The molecule has 0 aliphatic carbocycles. The summed E-state index contributed by atoms with van der Waals surface area (Å²) in [7, 11) is 0. The molecule has 2 heterocycles. The molecule has 1 aromatic heterocycles. The van der Waals surface area contributed by atoms with Crippen LogP contribution in [0.1, 0.15) is 28.7 Å². The summed E-state index contributed by atoms with van der Waals surface area (Å²) in [5, 5.41) is 6.68. The third-order valence-corrected chi connectivity index (χ3v) is 5.60. The maximum absolute atomic E-state index is 12.2. The zero-order valence-electron chi connectivity index (χ0n) is 15.9. The minimum absolute atomic E-state index is 0.0781. The van der Waals surface area contributed by atoms with Gasteiger partial charge in [-0.05, 0) is 47.2 Å². The fourth-order valence-corrected chi connectivity index (χ4v) is 3.69. The first-order valence-corrected chi connectivity index (χ1v) is 10.6. The van der Waals surface area contributed by atoms with Crippen molar-refractivity contribution in [3.63, 3.8) is 0 Å². The number of nitrogens with zero attached hydrogens (tertiary/aromatic N) is 1. The molecule has 1 N–H and O–H groups in total. The smallest absolute Gasteiger partial charge is 0.273 e. The first-order chi connectivity index (χ1) is 13.7. The summed E-state index contributed by atoms with van der Waals surface area (Å²) in [5.74, 6) is 1.35. The highest BCUT2D eigenvalue weighted by atomic mass is 32.2. The van der Waals surface area contributed by atoms with Crippen LogP contribution in [0.3, 0.4) is 0 Å². The quantitative estimate of drug-likeness (QED) is 0.630. The number of nitrogens with one attached hydrogen (secondary N) is 1. The van der Waals surface area contributed by atoms with E-state index in [0.717, 1.165) is 12.2 Å². The molecule has 3 aromatic rings. The molecule has 6 heteroatoms. The SMILES string of the molecule is CCc1cc(C(=O)NC[C@@H]2Cc3cc(-c4ccc(SC)cc4)ccc3O2)no1. The highest BCUT2D eigenvalue weighted by Crippen LogP contribution is 2.33. The summed E-state index contributed by atoms with van der Waals surface area (Å²) in [6.07, 6.45) is 3.48. The number of aromatic nitrogens is 1. The Morgan fingerprint density at radius 2 is 1.96 bits per heavy atom. The van der Waals surface area contributed by atoms with E-state index in [4.69, 9.17) is 9.26 Å². The van der Waals surface area contributed by atoms with Crippen molar-refractivity contribution in [1.29, 1.82) is 0 Å². The van der Waals surface area contributed by atoms with Gasteiger partial charge in [0.25, 0.3) is 5.91 Å². The second-order valence-corrected chi connectivity index (χ2v) is 7.62. The van der Waals surface area contributed by atoms with Gasteiger partial charge in [-0.25, -0.2) is 0 Å². The lowest BCUT2D eigenvalue weighted by Crippen LogP contribution is -2.34. The summed E-state index contributed by atoms with van der Waals surface area (Å²) in [6.45, 7) is 2.39. The molecule has 1 aliphatic heterocycles. The minimum atomic E-state index is -0.238. The van der Waals surface area contributed by atoms with Crippen LogP contribution in [0.2, 0.25) is 0 Å². The van der Waals surface area contributed by atoms with Gasteiger partial charge in [0.15, 0.2) is 5.69 Å². The summed E-state index contributed by atoms with van der Waals surface area (Å²) >= 11 is 1.74. The van der Waals surface area contributed by atoms with Crippen molar-refractivity contribution in [1.82, 2.24) is 10.5 Å². The number of hydrogen-bond donors (Lipinski definition) is 1. The highest BCUT2D eigenvalue weighted by Gasteiger charge is 2.24. The van der Waals surface area contributed by atoms with Crippen LogP contribution in [0, 0.1) is 0 Å². The van der Waals surface area contributed by atoms with E-state index in [9.17, 15) is 4.79 Å². The predicted octanol–water partition coefficient (Wildman–Crippen LogP) is 4.36. The van der Waals surface area contributed by atoms with Gasteiger partial charge in [0.2, 0.25) is 0 Å². The minimum Gasteiger partial charge on any atom is -0.488 e. The molecule has 0 saturated heterocycles. The van der Waals surface area contributed by atoms with Gasteiger partial charge >= 0.3 is 0 Å². The predicted molar refractivity (Wildman–Crippen MR) is 110 cm³/mol. The Hall–Kier alpha value is -2.73. The van der Waals surface area contributed by atoms with Crippen LogP contribution in [0.25, 0.3) is 11.1 Å².